The second-order valence-corrected chi connectivity index (χ2v) is 7.24. The van der Waals surface area contributed by atoms with Gasteiger partial charge in [0.15, 0.2) is 0 Å². The molecule has 2 atom stereocenters. The van der Waals surface area contributed by atoms with E-state index in [-0.39, 0.29) is 23.7 Å². The summed E-state index contributed by atoms with van der Waals surface area (Å²) in [4.78, 5) is 26.9. The molecule has 0 heterocycles. The number of halogens is 2. The Hall–Kier alpha value is -2.04. The molecule has 0 spiro atoms. The highest BCUT2D eigenvalue weighted by Crippen LogP contribution is 2.41. The molecule has 136 valence electrons. The van der Waals surface area contributed by atoms with E-state index in [1.807, 2.05) is 37.3 Å². The predicted molar refractivity (Wildman–Crippen MR) is 104 cm³/mol. The standard InChI is InChI=1S/C20H20Cl2N2O2/c1-2-24(12-13-6-4-3-5-7-13)20(26)16-11-15(16)19(25)23-18-9-8-14(21)10-17(18)22/h3-10,15-16H,2,11-12H2,1H3,(H,23,25). The van der Waals surface area contributed by atoms with E-state index in [0.29, 0.717) is 35.2 Å². The first-order valence-electron chi connectivity index (χ1n) is 8.58. The molecule has 1 aliphatic carbocycles. The van der Waals surface area contributed by atoms with Crippen LogP contribution in [0.25, 0.3) is 0 Å². The van der Waals surface area contributed by atoms with Crippen LogP contribution in [-0.2, 0) is 16.1 Å². The number of nitrogens with one attached hydrogen (secondary N) is 1. The monoisotopic (exact) mass is 390 g/mol. The highest BCUT2D eigenvalue weighted by Gasteiger charge is 2.49. The summed E-state index contributed by atoms with van der Waals surface area (Å²) < 4.78 is 0. The molecule has 0 aromatic heterocycles. The minimum Gasteiger partial charge on any atom is -0.338 e. The molecule has 1 N–H and O–H groups in total. The second-order valence-electron chi connectivity index (χ2n) is 6.40. The molecule has 3 rings (SSSR count). The number of nitrogens with zero attached hydrogens (tertiary/aromatic N) is 1. The summed E-state index contributed by atoms with van der Waals surface area (Å²) in [7, 11) is 0. The molecule has 2 aromatic rings. The topological polar surface area (TPSA) is 49.4 Å². The van der Waals surface area contributed by atoms with Crippen LogP contribution >= 0.6 is 23.2 Å². The van der Waals surface area contributed by atoms with Gasteiger partial charge < -0.3 is 10.2 Å². The third-order valence-corrected chi connectivity index (χ3v) is 5.09. The maximum absolute atomic E-state index is 12.7. The third kappa shape index (κ3) is 4.37. The van der Waals surface area contributed by atoms with Crippen LogP contribution in [0.2, 0.25) is 10.0 Å². The minimum atomic E-state index is -0.306. The van der Waals surface area contributed by atoms with Gasteiger partial charge in [-0.2, -0.15) is 0 Å². The fourth-order valence-corrected chi connectivity index (χ4v) is 3.41. The number of amides is 2. The summed E-state index contributed by atoms with van der Waals surface area (Å²) >= 11 is 11.9. The van der Waals surface area contributed by atoms with Crippen molar-refractivity contribution >= 4 is 40.7 Å². The van der Waals surface area contributed by atoms with E-state index >= 15 is 0 Å². The minimum absolute atomic E-state index is 0.0266. The van der Waals surface area contributed by atoms with Gasteiger partial charge in [-0.25, -0.2) is 0 Å². The van der Waals surface area contributed by atoms with E-state index in [4.69, 9.17) is 23.2 Å². The number of anilines is 1. The predicted octanol–water partition coefficient (Wildman–Crippen LogP) is 4.62. The van der Waals surface area contributed by atoms with E-state index in [1.165, 1.54) is 0 Å². The first-order valence-corrected chi connectivity index (χ1v) is 9.33. The quantitative estimate of drug-likeness (QED) is 0.782. The average molecular weight is 391 g/mol. The summed E-state index contributed by atoms with van der Waals surface area (Å²) in [6.45, 7) is 3.12. The zero-order chi connectivity index (χ0) is 18.7. The molecule has 1 fully saturated rings. The summed E-state index contributed by atoms with van der Waals surface area (Å²) in [6, 6.07) is 14.8. The lowest BCUT2D eigenvalue weighted by atomic mass is 10.2. The summed E-state index contributed by atoms with van der Waals surface area (Å²) in [5.41, 5.74) is 1.59. The zero-order valence-electron chi connectivity index (χ0n) is 14.4. The molecule has 2 amide bonds. The van der Waals surface area contributed by atoms with Crippen LogP contribution in [0.15, 0.2) is 48.5 Å². The van der Waals surface area contributed by atoms with Crippen molar-refractivity contribution < 1.29 is 9.59 Å². The Morgan fingerprint density at radius 3 is 2.50 bits per heavy atom. The third-order valence-electron chi connectivity index (χ3n) is 4.54. The van der Waals surface area contributed by atoms with Crippen molar-refractivity contribution in [2.24, 2.45) is 11.8 Å². The van der Waals surface area contributed by atoms with Crippen LogP contribution in [0.4, 0.5) is 5.69 Å². The van der Waals surface area contributed by atoms with Crippen molar-refractivity contribution in [2.75, 3.05) is 11.9 Å². The molecule has 26 heavy (non-hydrogen) atoms. The summed E-state index contributed by atoms with van der Waals surface area (Å²) in [6.07, 6.45) is 0.571. The maximum Gasteiger partial charge on any atom is 0.228 e. The van der Waals surface area contributed by atoms with E-state index in [0.717, 1.165) is 5.56 Å². The number of rotatable bonds is 6. The summed E-state index contributed by atoms with van der Waals surface area (Å²) in [5, 5.41) is 3.68. The molecule has 0 saturated heterocycles. The van der Waals surface area contributed by atoms with Gasteiger partial charge in [0.1, 0.15) is 0 Å². The van der Waals surface area contributed by atoms with Gasteiger partial charge in [0.25, 0.3) is 0 Å². The van der Waals surface area contributed by atoms with Gasteiger partial charge in [-0.15, -0.1) is 0 Å². The van der Waals surface area contributed by atoms with E-state index in [2.05, 4.69) is 5.32 Å². The molecular weight excluding hydrogens is 371 g/mol. The van der Waals surface area contributed by atoms with Crippen LogP contribution in [-0.4, -0.2) is 23.3 Å². The molecule has 2 aromatic carbocycles. The van der Waals surface area contributed by atoms with E-state index in [9.17, 15) is 9.59 Å². The Bertz CT molecular complexity index is 811. The van der Waals surface area contributed by atoms with Crippen LogP contribution < -0.4 is 5.32 Å². The molecule has 0 aliphatic heterocycles. The van der Waals surface area contributed by atoms with Gasteiger partial charge in [0.2, 0.25) is 11.8 Å². The Kier molecular flexibility index (Phi) is 5.84. The van der Waals surface area contributed by atoms with Crippen molar-refractivity contribution in [3.05, 3.63) is 64.1 Å². The molecule has 0 bridgehead atoms. The van der Waals surface area contributed by atoms with Gasteiger partial charge in [-0.05, 0) is 37.1 Å². The SMILES string of the molecule is CCN(Cc1ccccc1)C(=O)C1CC1C(=O)Nc1ccc(Cl)cc1Cl. The Morgan fingerprint density at radius 1 is 1.12 bits per heavy atom. The van der Waals surface area contributed by atoms with Crippen LogP contribution in [0.1, 0.15) is 18.9 Å². The Morgan fingerprint density at radius 2 is 1.85 bits per heavy atom. The first kappa shape index (κ1) is 18.7. The molecule has 2 unspecified atom stereocenters. The molecule has 6 heteroatoms. The fraction of sp³-hybridized carbons (Fsp3) is 0.300. The van der Waals surface area contributed by atoms with Crippen molar-refractivity contribution in [2.45, 2.75) is 19.9 Å². The molecule has 4 nitrogen and oxygen atoms in total. The lowest BCUT2D eigenvalue weighted by Gasteiger charge is -2.21. The number of hydrogen-bond acceptors (Lipinski definition) is 2. The lowest BCUT2D eigenvalue weighted by molar-refractivity contribution is -0.134. The molecule has 0 radical (unpaired) electrons. The number of hydrogen-bond donors (Lipinski definition) is 1. The van der Waals surface area contributed by atoms with E-state index in [1.54, 1.807) is 23.1 Å². The maximum atomic E-state index is 12.7. The summed E-state index contributed by atoms with van der Waals surface area (Å²) in [5.74, 6) is -0.717. The number of benzene rings is 2. The zero-order valence-corrected chi connectivity index (χ0v) is 15.9. The second kappa shape index (κ2) is 8.11. The highest BCUT2D eigenvalue weighted by atomic mass is 35.5. The Balaban J connectivity index is 1.59. The Labute approximate surface area is 163 Å². The van der Waals surface area contributed by atoms with Gasteiger partial charge >= 0.3 is 0 Å². The fourth-order valence-electron chi connectivity index (χ4n) is 2.96. The van der Waals surface area contributed by atoms with Crippen molar-refractivity contribution in [1.29, 1.82) is 0 Å². The van der Waals surface area contributed by atoms with Crippen LogP contribution in [0, 0.1) is 11.8 Å². The van der Waals surface area contributed by atoms with Gasteiger partial charge in [-0.1, -0.05) is 53.5 Å². The smallest absolute Gasteiger partial charge is 0.228 e. The van der Waals surface area contributed by atoms with E-state index < -0.39 is 0 Å². The van der Waals surface area contributed by atoms with Crippen molar-refractivity contribution in [3.63, 3.8) is 0 Å². The largest absolute Gasteiger partial charge is 0.338 e. The van der Waals surface area contributed by atoms with Gasteiger partial charge in [0, 0.05) is 18.1 Å². The van der Waals surface area contributed by atoms with Crippen molar-refractivity contribution in [3.8, 4) is 0 Å². The average Bonchev–Trinajstić information content (AvgIpc) is 3.43. The highest BCUT2D eigenvalue weighted by molar-refractivity contribution is 6.36. The number of carbonyl (C=O) groups excluding carboxylic acids is 2. The molecule has 1 saturated carbocycles. The van der Waals surface area contributed by atoms with Gasteiger partial charge in [0.05, 0.1) is 22.5 Å². The van der Waals surface area contributed by atoms with Crippen molar-refractivity contribution in [1.82, 2.24) is 4.90 Å². The van der Waals surface area contributed by atoms with Crippen LogP contribution in [0.5, 0.6) is 0 Å². The van der Waals surface area contributed by atoms with Crippen LogP contribution in [0.3, 0.4) is 0 Å². The molecule has 1 aliphatic rings. The normalized spacial score (nSPS) is 18.3. The van der Waals surface area contributed by atoms with Gasteiger partial charge in [-0.3, -0.25) is 9.59 Å². The molecular formula is C20H20Cl2N2O2. The number of carbonyl (C=O) groups is 2. The lowest BCUT2D eigenvalue weighted by Crippen LogP contribution is -2.33. The first-order chi connectivity index (χ1) is 12.5.